The Morgan fingerprint density at radius 1 is 1.24 bits per heavy atom. The SMILES string of the molecule is O=C(CC(NCc1cccnc1)C(=O)O)Nc1ccc2c(c1)OCO2. The van der Waals surface area contributed by atoms with E-state index in [-0.39, 0.29) is 13.2 Å². The van der Waals surface area contributed by atoms with E-state index in [0.29, 0.717) is 23.7 Å². The normalized spacial score (nSPS) is 13.3. The first-order chi connectivity index (χ1) is 12.1. The molecule has 3 rings (SSSR count). The lowest BCUT2D eigenvalue weighted by atomic mass is 10.1. The Morgan fingerprint density at radius 3 is 2.84 bits per heavy atom. The van der Waals surface area contributed by atoms with Crippen LogP contribution >= 0.6 is 0 Å². The number of carboxylic acid groups (broad SMARTS) is 1. The fourth-order valence-corrected chi connectivity index (χ4v) is 2.36. The van der Waals surface area contributed by atoms with Crippen LogP contribution in [-0.2, 0) is 16.1 Å². The number of pyridine rings is 1. The number of benzene rings is 1. The third kappa shape index (κ3) is 4.45. The molecule has 0 radical (unpaired) electrons. The number of aromatic nitrogens is 1. The van der Waals surface area contributed by atoms with Crippen LogP contribution in [0.5, 0.6) is 11.5 Å². The molecule has 0 fully saturated rings. The van der Waals surface area contributed by atoms with Gasteiger partial charge in [-0.15, -0.1) is 0 Å². The standard InChI is InChI=1S/C17H17N3O5/c21-16(20-12-3-4-14-15(6-12)25-10-24-14)7-13(17(22)23)19-9-11-2-1-5-18-8-11/h1-6,8,13,19H,7,9-10H2,(H,20,21)(H,22,23). The number of nitrogens with one attached hydrogen (secondary N) is 2. The minimum absolute atomic E-state index is 0.145. The van der Waals surface area contributed by atoms with Crippen molar-refractivity contribution in [3.63, 3.8) is 0 Å². The summed E-state index contributed by atoms with van der Waals surface area (Å²) >= 11 is 0. The highest BCUT2D eigenvalue weighted by Gasteiger charge is 2.21. The average molecular weight is 343 g/mol. The first-order valence-electron chi connectivity index (χ1n) is 7.66. The number of anilines is 1. The maximum absolute atomic E-state index is 12.1. The number of hydrogen-bond acceptors (Lipinski definition) is 6. The predicted molar refractivity (Wildman–Crippen MR) is 88.3 cm³/mol. The van der Waals surface area contributed by atoms with Gasteiger partial charge in [-0.3, -0.25) is 19.9 Å². The van der Waals surface area contributed by atoms with Crippen molar-refractivity contribution in [2.24, 2.45) is 0 Å². The molecular formula is C17H17N3O5. The van der Waals surface area contributed by atoms with Crippen LogP contribution in [0.15, 0.2) is 42.7 Å². The summed E-state index contributed by atoms with van der Waals surface area (Å²) in [6.07, 6.45) is 3.07. The maximum atomic E-state index is 12.1. The van der Waals surface area contributed by atoms with Crippen LogP contribution in [-0.4, -0.2) is 34.8 Å². The quantitative estimate of drug-likeness (QED) is 0.697. The van der Waals surface area contributed by atoms with Gasteiger partial charge in [0.25, 0.3) is 0 Å². The molecule has 25 heavy (non-hydrogen) atoms. The summed E-state index contributed by atoms with van der Waals surface area (Å²) in [4.78, 5) is 27.5. The van der Waals surface area contributed by atoms with Crippen molar-refractivity contribution >= 4 is 17.6 Å². The van der Waals surface area contributed by atoms with E-state index in [9.17, 15) is 14.7 Å². The number of hydrogen-bond donors (Lipinski definition) is 3. The molecule has 0 saturated heterocycles. The number of ether oxygens (including phenoxy) is 2. The number of carboxylic acids is 1. The Hall–Kier alpha value is -3.13. The number of amides is 1. The van der Waals surface area contributed by atoms with E-state index in [1.54, 1.807) is 36.7 Å². The van der Waals surface area contributed by atoms with Crippen molar-refractivity contribution in [3.05, 3.63) is 48.3 Å². The van der Waals surface area contributed by atoms with Crippen LogP contribution in [0.3, 0.4) is 0 Å². The zero-order valence-electron chi connectivity index (χ0n) is 13.3. The zero-order valence-corrected chi connectivity index (χ0v) is 13.3. The molecule has 2 heterocycles. The Kier molecular flexibility index (Phi) is 5.10. The number of rotatable bonds is 7. The monoisotopic (exact) mass is 343 g/mol. The number of fused-ring (bicyclic) bond motifs is 1. The van der Waals surface area contributed by atoms with Crippen LogP contribution < -0.4 is 20.1 Å². The summed E-state index contributed by atoms with van der Waals surface area (Å²) in [5, 5.41) is 14.8. The van der Waals surface area contributed by atoms with Gasteiger partial charge in [0.2, 0.25) is 12.7 Å². The molecule has 1 atom stereocenters. The fourth-order valence-electron chi connectivity index (χ4n) is 2.36. The molecule has 0 saturated carbocycles. The second-order valence-electron chi connectivity index (χ2n) is 5.45. The van der Waals surface area contributed by atoms with Gasteiger partial charge in [0, 0.05) is 30.7 Å². The van der Waals surface area contributed by atoms with Crippen molar-refractivity contribution in [2.75, 3.05) is 12.1 Å². The molecule has 1 amide bonds. The molecule has 0 bridgehead atoms. The summed E-state index contributed by atoms with van der Waals surface area (Å²) in [7, 11) is 0. The Bertz CT molecular complexity index is 766. The Labute approximate surface area is 143 Å². The maximum Gasteiger partial charge on any atom is 0.321 e. The van der Waals surface area contributed by atoms with Gasteiger partial charge in [-0.2, -0.15) is 0 Å². The van der Waals surface area contributed by atoms with Gasteiger partial charge in [0.05, 0.1) is 6.42 Å². The van der Waals surface area contributed by atoms with Crippen molar-refractivity contribution in [1.82, 2.24) is 10.3 Å². The zero-order chi connectivity index (χ0) is 17.6. The van der Waals surface area contributed by atoms with E-state index in [0.717, 1.165) is 5.56 Å². The highest BCUT2D eigenvalue weighted by molar-refractivity contribution is 5.94. The van der Waals surface area contributed by atoms with E-state index in [1.165, 1.54) is 0 Å². The van der Waals surface area contributed by atoms with Crippen LogP contribution in [0, 0.1) is 0 Å². The largest absolute Gasteiger partial charge is 0.480 e. The first kappa shape index (κ1) is 16.7. The molecule has 1 aliphatic heterocycles. The molecule has 1 aromatic carbocycles. The second-order valence-corrected chi connectivity index (χ2v) is 5.45. The lowest BCUT2D eigenvalue weighted by Gasteiger charge is -2.14. The molecule has 8 nitrogen and oxygen atoms in total. The minimum atomic E-state index is -1.09. The lowest BCUT2D eigenvalue weighted by molar-refractivity contribution is -0.141. The predicted octanol–water partition coefficient (Wildman–Crippen LogP) is 1.38. The van der Waals surface area contributed by atoms with Crippen LogP contribution in [0.2, 0.25) is 0 Å². The molecule has 1 aliphatic rings. The average Bonchev–Trinajstić information content (AvgIpc) is 3.07. The van der Waals surface area contributed by atoms with E-state index in [4.69, 9.17) is 9.47 Å². The highest BCUT2D eigenvalue weighted by atomic mass is 16.7. The summed E-state index contributed by atoms with van der Waals surface area (Å²) in [5.41, 5.74) is 1.36. The summed E-state index contributed by atoms with van der Waals surface area (Å²) in [5.74, 6) is -0.350. The molecule has 130 valence electrons. The molecule has 1 aromatic heterocycles. The number of carbonyl (C=O) groups is 2. The molecule has 0 spiro atoms. The van der Waals surface area contributed by atoms with E-state index >= 15 is 0 Å². The van der Waals surface area contributed by atoms with Crippen LogP contribution in [0.25, 0.3) is 0 Å². The van der Waals surface area contributed by atoms with Gasteiger partial charge < -0.3 is 19.9 Å². The van der Waals surface area contributed by atoms with E-state index in [2.05, 4.69) is 15.6 Å². The van der Waals surface area contributed by atoms with Gasteiger partial charge >= 0.3 is 5.97 Å². The van der Waals surface area contributed by atoms with Gasteiger partial charge in [-0.25, -0.2) is 0 Å². The Morgan fingerprint density at radius 2 is 2.08 bits per heavy atom. The molecule has 0 aliphatic carbocycles. The lowest BCUT2D eigenvalue weighted by Crippen LogP contribution is -2.39. The van der Waals surface area contributed by atoms with Gasteiger partial charge in [-0.1, -0.05) is 6.07 Å². The van der Waals surface area contributed by atoms with Crippen molar-refractivity contribution in [2.45, 2.75) is 19.0 Å². The van der Waals surface area contributed by atoms with Crippen LogP contribution in [0.4, 0.5) is 5.69 Å². The van der Waals surface area contributed by atoms with Gasteiger partial charge in [-0.05, 0) is 23.8 Å². The van der Waals surface area contributed by atoms with E-state index < -0.39 is 17.9 Å². The third-order valence-electron chi connectivity index (χ3n) is 3.62. The Balaban J connectivity index is 1.56. The van der Waals surface area contributed by atoms with Crippen molar-refractivity contribution in [1.29, 1.82) is 0 Å². The molecule has 3 N–H and O–H groups in total. The van der Waals surface area contributed by atoms with Gasteiger partial charge in [0.15, 0.2) is 11.5 Å². The fraction of sp³-hybridized carbons (Fsp3) is 0.235. The second kappa shape index (κ2) is 7.63. The molecular weight excluding hydrogens is 326 g/mol. The third-order valence-corrected chi connectivity index (χ3v) is 3.62. The highest BCUT2D eigenvalue weighted by Crippen LogP contribution is 2.34. The molecule has 1 unspecified atom stereocenters. The number of nitrogens with zero attached hydrogens (tertiary/aromatic N) is 1. The summed E-state index contributed by atoms with van der Waals surface area (Å²) in [6, 6.07) is 7.58. The first-order valence-corrected chi connectivity index (χ1v) is 7.66. The van der Waals surface area contributed by atoms with E-state index in [1.807, 2.05) is 6.07 Å². The molecule has 8 heteroatoms. The number of aliphatic carboxylic acids is 1. The topological polar surface area (TPSA) is 110 Å². The van der Waals surface area contributed by atoms with Crippen molar-refractivity contribution < 1.29 is 24.2 Å². The van der Waals surface area contributed by atoms with Crippen molar-refractivity contribution in [3.8, 4) is 11.5 Å². The summed E-state index contributed by atoms with van der Waals surface area (Å²) in [6.45, 7) is 0.453. The minimum Gasteiger partial charge on any atom is -0.480 e. The van der Waals surface area contributed by atoms with Gasteiger partial charge in [0.1, 0.15) is 6.04 Å². The molecule has 2 aromatic rings. The smallest absolute Gasteiger partial charge is 0.321 e. The summed E-state index contributed by atoms with van der Waals surface area (Å²) < 4.78 is 10.4. The number of carbonyl (C=O) groups excluding carboxylic acids is 1. The van der Waals surface area contributed by atoms with Crippen LogP contribution in [0.1, 0.15) is 12.0 Å².